The Morgan fingerprint density at radius 2 is 2.15 bits per heavy atom. The molecular formula is C9H10N6O4S. The highest BCUT2D eigenvalue weighted by molar-refractivity contribution is 7.92. The molecule has 2 aromatic rings. The predicted octanol–water partition coefficient (Wildman–Crippen LogP) is 0.404. The van der Waals surface area contributed by atoms with Gasteiger partial charge >= 0.3 is 0 Å². The molecular weight excluding hydrogens is 288 g/mol. The first-order valence-corrected chi connectivity index (χ1v) is 6.69. The molecule has 5 N–H and O–H groups in total. The maximum Gasteiger partial charge on any atom is 0.293 e. The SMILES string of the molecule is NNc1cc(S(=O)(=O)Nc2ncc[nH]2)ccc1[N+](=O)[O-]. The summed E-state index contributed by atoms with van der Waals surface area (Å²) in [6.07, 6.45) is 2.82. The molecule has 1 aromatic heterocycles. The predicted molar refractivity (Wildman–Crippen MR) is 70.3 cm³/mol. The van der Waals surface area contributed by atoms with E-state index < -0.39 is 14.9 Å². The Morgan fingerprint density at radius 1 is 1.40 bits per heavy atom. The van der Waals surface area contributed by atoms with Crippen LogP contribution in [0.15, 0.2) is 35.5 Å². The van der Waals surface area contributed by atoms with E-state index in [9.17, 15) is 18.5 Å². The molecule has 0 fully saturated rings. The van der Waals surface area contributed by atoms with Gasteiger partial charge in [-0.25, -0.2) is 18.1 Å². The molecule has 10 nitrogen and oxygen atoms in total. The molecule has 1 aromatic carbocycles. The Kier molecular flexibility index (Phi) is 3.54. The molecule has 106 valence electrons. The van der Waals surface area contributed by atoms with Gasteiger partial charge in [-0.2, -0.15) is 0 Å². The first-order valence-electron chi connectivity index (χ1n) is 5.21. The van der Waals surface area contributed by atoms with E-state index >= 15 is 0 Å². The minimum Gasteiger partial charge on any atom is -0.330 e. The molecule has 0 bridgehead atoms. The molecule has 0 radical (unpaired) electrons. The third-order valence-electron chi connectivity index (χ3n) is 2.36. The normalized spacial score (nSPS) is 11.1. The number of hydrogen-bond acceptors (Lipinski definition) is 7. The molecule has 1 heterocycles. The van der Waals surface area contributed by atoms with Crippen LogP contribution >= 0.6 is 0 Å². The summed E-state index contributed by atoms with van der Waals surface area (Å²) in [5.41, 5.74) is 1.65. The number of nitrogens with one attached hydrogen (secondary N) is 3. The molecule has 0 aliphatic heterocycles. The summed E-state index contributed by atoms with van der Waals surface area (Å²) in [5.74, 6) is 5.18. The number of nitrogens with two attached hydrogens (primary N) is 1. The average Bonchev–Trinajstić information content (AvgIpc) is 2.89. The van der Waals surface area contributed by atoms with Gasteiger partial charge in [0.15, 0.2) is 0 Å². The summed E-state index contributed by atoms with van der Waals surface area (Å²) in [4.78, 5) is 16.2. The van der Waals surface area contributed by atoms with Crippen molar-refractivity contribution in [2.75, 3.05) is 10.1 Å². The van der Waals surface area contributed by atoms with Crippen LogP contribution in [0.1, 0.15) is 0 Å². The van der Waals surface area contributed by atoms with Crippen molar-refractivity contribution in [3.8, 4) is 0 Å². The number of imidazole rings is 1. The van der Waals surface area contributed by atoms with Crippen molar-refractivity contribution in [1.29, 1.82) is 0 Å². The molecule has 0 atom stereocenters. The van der Waals surface area contributed by atoms with Crippen LogP contribution in [0, 0.1) is 10.1 Å². The third kappa shape index (κ3) is 2.67. The summed E-state index contributed by atoms with van der Waals surface area (Å²) in [6, 6.07) is 3.21. The van der Waals surface area contributed by atoms with E-state index in [-0.39, 0.29) is 22.2 Å². The van der Waals surface area contributed by atoms with Crippen molar-refractivity contribution in [1.82, 2.24) is 9.97 Å². The molecule has 2 rings (SSSR count). The van der Waals surface area contributed by atoms with Crippen LogP contribution < -0.4 is 16.0 Å². The second kappa shape index (κ2) is 5.14. The van der Waals surface area contributed by atoms with Gasteiger partial charge in [-0.15, -0.1) is 0 Å². The van der Waals surface area contributed by atoms with Gasteiger partial charge in [0.25, 0.3) is 15.7 Å². The fourth-order valence-electron chi connectivity index (χ4n) is 1.46. The fourth-order valence-corrected chi connectivity index (χ4v) is 2.47. The van der Waals surface area contributed by atoms with Crippen molar-refractivity contribution in [3.05, 3.63) is 40.7 Å². The fraction of sp³-hybridized carbons (Fsp3) is 0. The molecule has 0 saturated heterocycles. The number of hydrazine groups is 1. The van der Waals surface area contributed by atoms with Gasteiger partial charge in [-0.3, -0.25) is 16.0 Å². The number of nitrogen functional groups attached to an aromatic ring is 1. The van der Waals surface area contributed by atoms with Gasteiger partial charge in [0.05, 0.1) is 9.82 Å². The lowest BCUT2D eigenvalue weighted by Crippen LogP contribution is -2.15. The topological polar surface area (TPSA) is 156 Å². The zero-order valence-electron chi connectivity index (χ0n) is 9.90. The number of H-pyrrole nitrogens is 1. The van der Waals surface area contributed by atoms with Crippen LogP contribution in [0.25, 0.3) is 0 Å². The first-order chi connectivity index (χ1) is 9.44. The summed E-state index contributed by atoms with van der Waals surface area (Å²) in [6.45, 7) is 0. The number of aromatic amines is 1. The lowest BCUT2D eigenvalue weighted by molar-refractivity contribution is -0.384. The first kappa shape index (κ1) is 13.8. The lowest BCUT2D eigenvalue weighted by Gasteiger charge is -2.07. The van der Waals surface area contributed by atoms with Crippen LogP contribution in [0.5, 0.6) is 0 Å². The number of anilines is 2. The zero-order chi connectivity index (χ0) is 14.8. The smallest absolute Gasteiger partial charge is 0.293 e. The highest BCUT2D eigenvalue weighted by atomic mass is 32.2. The number of nitrogens with zero attached hydrogens (tertiary/aromatic N) is 2. The quantitative estimate of drug-likeness (QED) is 0.353. The van der Waals surface area contributed by atoms with Crippen LogP contribution in [-0.4, -0.2) is 23.3 Å². The third-order valence-corrected chi connectivity index (χ3v) is 3.70. The second-order valence-electron chi connectivity index (χ2n) is 3.62. The van der Waals surface area contributed by atoms with Gasteiger partial charge in [-0.1, -0.05) is 0 Å². The lowest BCUT2D eigenvalue weighted by atomic mass is 10.3. The molecule has 11 heteroatoms. The zero-order valence-corrected chi connectivity index (χ0v) is 10.7. The molecule has 0 unspecified atom stereocenters. The Bertz CT molecular complexity index is 727. The number of benzene rings is 1. The van der Waals surface area contributed by atoms with Crippen LogP contribution in [0.3, 0.4) is 0 Å². The van der Waals surface area contributed by atoms with Crippen molar-refractivity contribution in [3.63, 3.8) is 0 Å². The van der Waals surface area contributed by atoms with Gasteiger partial charge in [0.2, 0.25) is 5.95 Å². The molecule has 20 heavy (non-hydrogen) atoms. The van der Waals surface area contributed by atoms with Crippen molar-refractivity contribution in [2.45, 2.75) is 4.90 Å². The van der Waals surface area contributed by atoms with Crippen molar-refractivity contribution in [2.24, 2.45) is 5.84 Å². The van der Waals surface area contributed by atoms with E-state index in [2.05, 4.69) is 20.1 Å². The number of hydrogen-bond donors (Lipinski definition) is 4. The van der Waals surface area contributed by atoms with Crippen molar-refractivity contribution < 1.29 is 13.3 Å². The van der Waals surface area contributed by atoms with Gasteiger partial charge in [0, 0.05) is 18.5 Å². The second-order valence-corrected chi connectivity index (χ2v) is 5.31. The number of aromatic nitrogens is 2. The number of sulfonamides is 1. The van der Waals surface area contributed by atoms with Crippen LogP contribution in [0.4, 0.5) is 17.3 Å². The summed E-state index contributed by atoms with van der Waals surface area (Å²) in [5, 5.41) is 10.7. The molecule has 0 aliphatic carbocycles. The Hall–Kier alpha value is -2.66. The summed E-state index contributed by atoms with van der Waals surface area (Å²) >= 11 is 0. The number of nitro groups is 1. The van der Waals surface area contributed by atoms with E-state index in [1.54, 1.807) is 0 Å². The van der Waals surface area contributed by atoms with Gasteiger partial charge < -0.3 is 10.4 Å². The summed E-state index contributed by atoms with van der Waals surface area (Å²) < 4.78 is 26.3. The molecule has 0 amide bonds. The Morgan fingerprint density at radius 3 is 2.70 bits per heavy atom. The van der Waals surface area contributed by atoms with Crippen molar-refractivity contribution >= 4 is 27.3 Å². The highest BCUT2D eigenvalue weighted by Gasteiger charge is 2.20. The maximum absolute atomic E-state index is 12.0. The van der Waals surface area contributed by atoms with Crippen LogP contribution in [-0.2, 0) is 10.0 Å². The minimum absolute atomic E-state index is 0.0330. The van der Waals surface area contributed by atoms with E-state index in [1.165, 1.54) is 12.4 Å². The van der Waals surface area contributed by atoms with E-state index in [1.807, 2.05) is 0 Å². The Labute approximate surface area is 113 Å². The molecule has 0 saturated carbocycles. The highest BCUT2D eigenvalue weighted by Crippen LogP contribution is 2.27. The molecule has 0 aliphatic rings. The molecule has 0 spiro atoms. The number of rotatable bonds is 5. The summed E-state index contributed by atoms with van der Waals surface area (Å²) in [7, 11) is -3.92. The van der Waals surface area contributed by atoms with E-state index in [4.69, 9.17) is 5.84 Å². The average molecular weight is 298 g/mol. The minimum atomic E-state index is -3.92. The number of nitro benzene ring substituents is 1. The van der Waals surface area contributed by atoms with E-state index in [0.717, 1.165) is 18.2 Å². The largest absolute Gasteiger partial charge is 0.330 e. The standard InChI is InChI=1S/C9H10N6O4S/c10-13-7-5-6(1-2-8(7)15(16)17)20(18,19)14-9-11-3-4-12-9/h1-5,13H,10H2,(H2,11,12,14). The van der Waals surface area contributed by atoms with Gasteiger partial charge in [-0.05, 0) is 12.1 Å². The van der Waals surface area contributed by atoms with Gasteiger partial charge in [0.1, 0.15) is 5.69 Å². The van der Waals surface area contributed by atoms with Crippen LogP contribution in [0.2, 0.25) is 0 Å². The van der Waals surface area contributed by atoms with E-state index in [0.29, 0.717) is 0 Å². The monoisotopic (exact) mass is 298 g/mol. The Balaban J connectivity index is 2.40. The maximum atomic E-state index is 12.0.